The van der Waals surface area contributed by atoms with Crippen molar-refractivity contribution in [2.45, 2.75) is 0 Å². The Bertz CT molecular complexity index is 1090. The van der Waals surface area contributed by atoms with Gasteiger partial charge in [0.1, 0.15) is 23.8 Å². The van der Waals surface area contributed by atoms with Crippen molar-refractivity contribution in [2.24, 2.45) is 0 Å². The van der Waals surface area contributed by atoms with E-state index in [4.69, 9.17) is 21.1 Å². The van der Waals surface area contributed by atoms with E-state index in [9.17, 15) is 18.4 Å². The standard InChI is InChI=1S/C21H16ClF2N3O4/c1-30-7-8-31-21(29)12-5-6-14(22)13(9-12)17-10-26-18(11-25-17)27-20(28)19-15(23)3-2-4-16(19)24/h2-6,9-11H,7-8H2,1H3,(H,26,27,28). The van der Waals surface area contributed by atoms with Gasteiger partial charge in [-0.3, -0.25) is 9.78 Å². The molecule has 1 aromatic heterocycles. The van der Waals surface area contributed by atoms with Crippen molar-refractivity contribution < 1.29 is 27.8 Å². The number of carbonyl (C=O) groups is 2. The van der Waals surface area contributed by atoms with Crippen LogP contribution in [0.25, 0.3) is 11.3 Å². The Labute approximate surface area is 181 Å². The summed E-state index contributed by atoms with van der Waals surface area (Å²) in [7, 11) is 1.49. The van der Waals surface area contributed by atoms with Gasteiger partial charge in [-0.25, -0.2) is 18.6 Å². The summed E-state index contributed by atoms with van der Waals surface area (Å²) >= 11 is 6.21. The Morgan fingerprint density at radius 3 is 2.45 bits per heavy atom. The first-order valence-electron chi connectivity index (χ1n) is 8.94. The number of anilines is 1. The van der Waals surface area contributed by atoms with Crippen molar-refractivity contribution in [1.29, 1.82) is 0 Å². The highest BCUT2D eigenvalue weighted by Gasteiger charge is 2.18. The van der Waals surface area contributed by atoms with E-state index < -0.39 is 29.1 Å². The fourth-order valence-corrected chi connectivity index (χ4v) is 2.79. The van der Waals surface area contributed by atoms with Gasteiger partial charge in [-0.2, -0.15) is 0 Å². The number of nitrogens with one attached hydrogen (secondary N) is 1. The summed E-state index contributed by atoms with van der Waals surface area (Å²) < 4.78 is 37.4. The number of hydrogen-bond acceptors (Lipinski definition) is 6. The van der Waals surface area contributed by atoms with Crippen molar-refractivity contribution in [2.75, 3.05) is 25.6 Å². The first kappa shape index (κ1) is 22.3. The average molecular weight is 448 g/mol. The molecule has 0 unspecified atom stereocenters. The first-order valence-corrected chi connectivity index (χ1v) is 9.32. The Balaban J connectivity index is 1.77. The number of benzene rings is 2. The van der Waals surface area contributed by atoms with E-state index in [0.717, 1.165) is 18.2 Å². The number of carbonyl (C=O) groups excluding carboxylic acids is 2. The van der Waals surface area contributed by atoms with Crippen molar-refractivity contribution in [3.8, 4) is 11.3 Å². The SMILES string of the molecule is COCCOC(=O)c1ccc(Cl)c(-c2cnc(NC(=O)c3c(F)cccc3F)cn2)c1. The van der Waals surface area contributed by atoms with Crippen molar-refractivity contribution in [1.82, 2.24) is 9.97 Å². The van der Waals surface area contributed by atoms with Gasteiger partial charge < -0.3 is 14.8 Å². The summed E-state index contributed by atoms with van der Waals surface area (Å²) in [6, 6.07) is 7.62. The molecule has 2 aromatic carbocycles. The first-order chi connectivity index (χ1) is 14.9. The number of halogens is 3. The van der Waals surface area contributed by atoms with Gasteiger partial charge in [-0.15, -0.1) is 0 Å². The predicted molar refractivity (Wildman–Crippen MR) is 109 cm³/mol. The number of ether oxygens (including phenoxy) is 2. The maximum Gasteiger partial charge on any atom is 0.338 e. The van der Waals surface area contributed by atoms with Crippen LogP contribution in [0, 0.1) is 11.6 Å². The van der Waals surface area contributed by atoms with E-state index in [0.29, 0.717) is 16.3 Å². The molecule has 10 heteroatoms. The molecule has 7 nitrogen and oxygen atoms in total. The van der Waals surface area contributed by atoms with Gasteiger partial charge >= 0.3 is 5.97 Å². The number of rotatable bonds is 7. The third kappa shape index (κ3) is 5.39. The summed E-state index contributed by atoms with van der Waals surface area (Å²) in [6.45, 7) is 0.367. The van der Waals surface area contributed by atoms with Crippen LogP contribution in [0.5, 0.6) is 0 Å². The van der Waals surface area contributed by atoms with E-state index >= 15 is 0 Å². The third-order valence-electron chi connectivity index (χ3n) is 4.08. The molecule has 0 bridgehead atoms. The fraction of sp³-hybridized carbons (Fsp3) is 0.143. The summed E-state index contributed by atoms with van der Waals surface area (Å²) in [5, 5.41) is 2.59. The maximum atomic E-state index is 13.7. The highest BCUT2D eigenvalue weighted by atomic mass is 35.5. The summed E-state index contributed by atoms with van der Waals surface area (Å²) in [6.07, 6.45) is 2.50. The molecule has 3 aromatic rings. The number of aromatic nitrogens is 2. The maximum absolute atomic E-state index is 13.7. The Hall–Kier alpha value is -3.43. The van der Waals surface area contributed by atoms with Gasteiger partial charge in [0, 0.05) is 12.7 Å². The van der Waals surface area contributed by atoms with Gasteiger partial charge in [-0.05, 0) is 30.3 Å². The largest absolute Gasteiger partial charge is 0.460 e. The second-order valence-corrected chi connectivity index (χ2v) is 6.57. The van der Waals surface area contributed by atoms with Gasteiger partial charge in [0.15, 0.2) is 5.82 Å². The molecule has 0 aliphatic carbocycles. The smallest absolute Gasteiger partial charge is 0.338 e. The minimum atomic E-state index is -1.00. The van der Waals surface area contributed by atoms with Gasteiger partial charge in [-0.1, -0.05) is 17.7 Å². The van der Waals surface area contributed by atoms with E-state index in [-0.39, 0.29) is 24.6 Å². The summed E-state index contributed by atoms with van der Waals surface area (Å²) in [4.78, 5) is 32.4. The van der Waals surface area contributed by atoms with Gasteiger partial charge in [0.25, 0.3) is 5.91 Å². The molecule has 0 radical (unpaired) electrons. The Kier molecular flexibility index (Phi) is 7.22. The van der Waals surface area contributed by atoms with Crippen LogP contribution in [-0.2, 0) is 9.47 Å². The molecule has 0 saturated carbocycles. The second-order valence-electron chi connectivity index (χ2n) is 6.16. The van der Waals surface area contributed by atoms with Crippen LogP contribution in [-0.4, -0.2) is 42.2 Å². The molecule has 1 heterocycles. The number of esters is 1. The van der Waals surface area contributed by atoms with Crippen LogP contribution in [0.1, 0.15) is 20.7 Å². The lowest BCUT2D eigenvalue weighted by atomic mass is 10.1. The number of methoxy groups -OCH3 is 1. The zero-order chi connectivity index (χ0) is 22.4. The predicted octanol–water partition coefficient (Wildman–Crippen LogP) is 4.13. The molecule has 1 amide bonds. The lowest BCUT2D eigenvalue weighted by molar-refractivity contribution is 0.0388. The number of nitrogens with zero attached hydrogens (tertiary/aromatic N) is 2. The highest BCUT2D eigenvalue weighted by molar-refractivity contribution is 6.33. The molecule has 31 heavy (non-hydrogen) atoms. The van der Waals surface area contributed by atoms with E-state index in [1.54, 1.807) is 0 Å². The van der Waals surface area contributed by atoms with Crippen LogP contribution in [0.15, 0.2) is 48.8 Å². The minimum Gasteiger partial charge on any atom is -0.460 e. The van der Waals surface area contributed by atoms with E-state index in [2.05, 4.69) is 15.3 Å². The topological polar surface area (TPSA) is 90.4 Å². The highest BCUT2D eigenvalue weighted by Crippen LogP contribution is 2.28. The monoisotopic (exact) mass is 447 g/mol. The van der Waals surface area contributed by atoms with Crippen LogP contribution >= 0.6 is 11.6 Å². The van der Waals surface area contributed by atoms with Crippen molar-refractivity contribution >= 4 is 29.3 Å². The molecule has 0 aliphatic rings. The van der Waals surface area contributed by atoms with Gasteiger partial charge in [0.05, 0.1) is 35.3 Å². The van der Waals surface area contributed by atoms with Gasteiger partial charge in [0.2, 0.25) is 0 Å². The average Bonchev–Trinajstić information content (AvgIpc) is 2.75. The van der Waals surface area contributed by atoms with Crippen molar-refractivity contribution in [3.05, 3.63) is 76.6 Å². The fourth-order valence-electron chi connectivity index (χ4n) is 2.57. The Morgan fingerprint density at radius 2 is 1.81 bits per heavy atom. The normalized spacial score (nSPS) is 10.6. The van der Waals surface area contributed by atoms with E-state index in [1.807, 2.05) is 0 Å². The minimum absolute atomic E-state index is 0.0253. The van der Waals surface area contributed by atoms with Crippen LogP contribution in [0.2, 0.25) is 5.02 Å². The lowest BCUT2D eigenvalue weighted by Gasteiger charge is -2.09. The lowest BCUT2D eigenvalue weighted by Crippen LogP contribution is -2.16. The van der Waals surface area contributed by atoms with Crippen LogP contribution < -0.4 is 5.32 Å². The summed E-state index contributed by atoms with van der Waals surface area (Å²) in [5.74, 6) is -3.58. The molecule has 0 spiro atoms. The molecule has 0 aliphatic heterocycles. The molecular formula is C21H16ClF2N3O4. The summed E-state index contributed by atoms with van der Waals surface area (Å²) in [5.41, 5.74) is 0.251. The molecule has 3 rings (SSSR count). The second kappa shape index (κ2) is 10.1. The quantitative estimate of drug-likeness (QED) is 0.432. The molecule has 160 valence electrons. The number of amides is 1. The molecule has 1 N–H and O–H groups in total. The number of hydrogen-bond donors (Lipinski definition) is 1. The Morgan fingerprint density at radius 1 is 1.06 bits per heavy atom. The molecule has 0 fully saturated rings. The molecule has 0 saturated heterocycles. The molecule has 0 atom stereocenters. The van der Waals surface area contributed by atoms with Crippen LogP contribution in [0.4, 0.5) is 14.6 Å². The third-order valence-corrected chi connectivity index (χ3v) is 4.41. The van der Waals surface area contributed by atoms with E-state index in [1.165, 1.54) is 37.7 Å². The zero-order valence-corrected chi connectivity index (χ0v) is 17.0. The zero-order valence-electron chi connectivity index (χ0n) is 16.2. The van der Waals surface area contributed by atoms with Crippen molar-refractivity contribution in [3.63, 3.8) is 0 Å². The molecular weight excluding hydrogens is 432 g/mol. The van der Waals surface area contributed by atoms with Crippen LogP contribution in [0.3, 0.4) is 0 Å².